The molecule has 2 heterocycles. The topological polar surface area (TPSA) is 62.2 Å². The maximum atomic E-state index is 12.3. The van der Waals surface area contributed by atoms with E-state index in [0.717, 1.165) is 44.6 Å². The second kappa shape index (κ2) is 7.91. The lowest BCUT2D eigenvalue weighted by Gasteiger charge is -2.18. The van der Waals surface area contributed by atoms with Crippen LogP contribution < -0.4 is 16.2 Å². The van der Waals surface area contributed by atoms with Gasteiger partial charge >= 0.3 is 0 Å². The van der Waals surface area contributed by atoms with Gasteiger partial charge in [0.2, 0.25) is 0 Å². The average Bonchev–Trinajstić information content (AvgIpc) is 2.71. The van der Waals surface area contributed by atoms with E-state index in [9.17, 15) is 4.79 Å². The summed E-state index contributed by atoms with van der Waals surface area (Å²) in [4.78, 5) is 14.3. The van der Waals surface area contributed by atoms with Crippen LogP contribution in [0.3, 0.4) is 0 Å². The van der Waals surface area contributed by atoms with Crippen molar-refractivity contribution < 1.29 is 0 Å². The van der Waals surface area contributed by atoms with E-state index in [1.807, 2.05) is 19.0 Å². The molecule has 0 spiro atoms. The number of rotatable bonds is 5. The van der Waals surface area contributed by atoms with E-state index in [1.165, 1.54) is 4.68 Å². The second-order valence-electron chi connectivity index (χ2n) is 5.73. The molecule has 7 heteroatoms. The van der Waals surface area contributed by atoms with E-state index in [1.54, 1.807) is 6.20 Å². The van der Waals surface area contributed by atoms with Crippen LogP contribution >= 0.6 is 15.9 Å². The molecule has 1 atom stereocenters. The van der Waals surface area contributed by atoms with Gasteiger partial charge in [-0.25, -0.2) is 4.68 Å². The molecule has 0 radical (unpaired) electrons. The van der Waals surface area contributed by atoms with Crippen molar-refractivity contribution in [1.29, 1.82) is 0 Å². The van der Waals surface area contributed by atoms with Gasteiger partial charge in [0.15, 0.2) is 0 Å². The van der Waals surface area contributed by atoms with Crippen molar-refractivity contribution in [3.05, 3.63) is 21.0 Å². The van der Waals surface area contributed by atoms with Crippen LogP contribution in [0, 0.1) is 0 Å². The largest absolute Gasteiger partial charge is 0.380 e. The molecule has 0 aromatic carbocycles. The van der Waals surface area contributed by atoms with Crippen LogP contribution in [0.4, 0.5) is 5.69 Å². The van der Waals surface area contributed by atoms with E-state index < -0.39 is 0 Å². The zero-order valence-corrected chi connectivity index (χ0v) is 14.3. The Balaban J connectivity index is 2.07. The number of hydrogen-bond donors (Lipinski definition) is 2. The van der Waals surface area contributed by atoms with Gasteiger partial charge in [0.1, 0.15) is 4.47 Å². The molecule has 0 bridgehead atoms. The Bertz CT molecular complexity index is 509. The van der Waals surface area contributed by atoms with Gasteiger partial charge in [0.05, 0.1) is 18.4 Å². The minimum Gasteiger partial charge on any atom is -0.380 e. The molecule has 2 rings (SSSR count). The third kappa shape index (κ3) is 4.79. The van der Waals surface area contributed by atoms with Crippen LogP contribution in [-0.4, -0.2) is 54.5 Å². The molecule has 1 aromatic rings. The van der Waals surface area contributed by atoms with Crippen molar-refractivity contribution in [3.8, 4) is 0 Å². The van der Waals surface area contributed by atoms with Gasteiger partial charge in [0.25, 0.3) is 5.56 Å². The van der Waals surface area contributed by atoms with Crippen LogP contribution in [0.2, 0.25) is 0 Å². The average molecular weight is 358 g/mol. The van der Waals surface area contributed by atoms with E-state index in [0.29, 0.717) is 17.1 Å². The highest BCUT2D eigenvalue weighted by Crippen LogP contribution is 2.20. The minimum atomic E-state index is -0.0754. The van der Waals surface area contributed by atoms with Gasteiger partial charge in [0, 0.05) is 12.6 Å². The summed E-state index contributed by atoms with van der Waals surface area (Å²) in [6.45, 7) is 3.48. The lowest BCUT2D eigenvalue weighted by Crippen LogP contribution is -2.30. The molecule has 0 aliphatic carbocycles. The monoisotopic (exact) mass is 357 g/mol. The first-order chi connectivity index (χ1) is 10.1. The molecular formula is C14H24BrN5O. The number of nitrogens with zero attached hydrogens (tertiary/aromatic N) is 3. The molecule has 0 saturated carbocycles. The van der Waals surface area contributed by atoms with Gasteiger partial charge < -0.3 is 15.5 Å². The number of likely N-dealkylation sites (N-methyl/N-ethyl adjacent to an activating group) is 1. The number of hydrogen-bond acceptors (Lipinski definition) is 5. The predicted molar refractivity (Wildman–Crippen MR) is 88.9 cm³/mol. The highest BCUT2D eigenvalue weighted by atomic mass is 79.9. The fourth-order valence-electron chi connectivity index (χ4n) is 2.40. The van der Waals surface area contributed by atoms with Crippen molar-refractivity contribution in [2.75, 3.05) is 39.0 Å². The summed E-state index contributed by atoms with van der Waals surface area (Å²) in [5, 5.41) is 11.1. The highest BCUT2D eigenvalue weighted by molar-refractivity contribution is 9.10. The first-order valence-corrected chi connectivity index (χ1v) is 8.25. The quantitative estimate of drug-likeness (QED) is 0.826. The van der Waals surface area contributed by atoms with Crippen LogP contribution in [0.25, 0.3) is 0 Å². The molecule has 21 heavy (non-hydrogen) atoms. The van der Waals surface area contributed by atoms with Crippen LogP contribution in [-0.2, 0) is 6.54 Å². The first-order valence-electron chi connectivity index (χ1n) is 7.45. The molecule has 118 valence electrons. The van der Waals surface area contributed by atoms with Gasteiger partial charge in [-0.05, 0) is 62.4 Å². The number of anilines is 1. The van der Waals surface area contributed by atoms with Crippen LogP contribution in [0.15, 0.2) is 15.5 Å². The van der Waals surface area contributed by atoms with Crippen molar-refractivity contribution in [2.24, 2.45) is 0 Å². The summed E-state index contributed by atoms with van der Waals surface area (Å²) in [5.74, 6) is 0. The standard InChI is InChI=1S/C14H24BrN5O/c1-19(2)8-9-20-14(21)13(15)12(10-17-20)18-11-4-3-6-16-7-5-11/h10-11,16,18H,3-9H2,1-2H3. The van der Waals surface area contributed by atoms with Gasteiger partial charge in [-0.2, -0.15) is 5.10 Å². The molecule has 2 N–H and O–H groups in total. The fraction of sp³-hybridized carbons (Fsp3) is 0.714. The molecule has 1 aliphatic rings. The third-order valence-corrected chi connectivity index (χ3v) is 4.45. The molecule has 1 saturated heterocycles. The maximum absolute atomic E-state index is 12.3. The van der Waals surface area contributed by atoms with E-state index >= 15 is 0 Å². The summed E-state index contributed by atoms with van der Waals surface area (Å²) in [7, 11) is 3.96. The minimum absolute atomic E-state index is 0.0754. The molecule has 1 unspecified atom stereocenters. The zero-order valence-electron chi connectivity index (χ0n) is 12.7. The van der Waals surface area contributed by atoms with Gasteiger partial charge in [-0.1, -0.05) is 0 Å². The third-order valence-electron chi connectivity index (χ3n) is 3.68. The first kappa shape index (κ1) is 16.5. The smallest absolute Gasteiger partial charge is 0.283 e. The number of nitrogens with one attached hydrogen (secondary N) is 2. The van der Waals surface area contributed by atoms with Crippen molar-refractivity contribution in [3.63, 3.8) is 0 Å². The number of aromatic nitrogens is 2. The molecular weight excluding hydrogens is 334 g/mol. The SMILES string of the molecule is CN(C)CCn1ncc(NC2CCCNCC2)c(Br)c1=O. The molecule has 1 aliphatic heterocycles. The van der Waals surface area contributed by atoms with Crippen LogP contribution in [0.1, 0.15) is 19.3 Å². The normalized spacial score (nSPS) is 19.5. The lowest BCUT2D eigenvalue weighted by atomic mass is 10.1. The Hall–Kier alpha value is -0.920. The number of halogens is 1. The zero-order chi connectivity index (χ0) is 15.2. The Morgan fingerprint density at radius 1 is 1.48 bits per heavy atom. The second-order valence-corrected chi connectivity index (χ2v) is 6.52. The Morgan fingerprint density at radius 2 is 2.29 bits per heavy atom. The summed E-state index contributed by atoms with van der Waals surface area (Å²) in [6.07, 6.45) is 5.08. The Labute approximate surface area is 134 Å². The fourth-order valence-corrected chi connectivity index (χ4v) is 2.82. The van der Waals surface area contributed by atoms with E-state index in [2.05, 4.69) is 31.7 Å². The van der Waals surface area contributed by atoms with E-state index in [-0.39, 0.29) is 5.56 Å². The Kier molecular flexibility index (Phi) is 6.20. The molecule has 0 amide bonds. The van der Waals surface area contributed by atoms with Crippen molar-refractivity contribution in [1.82, 2.24) is 20.0 Å². The Morgan fingerprint density at radius 3 is 3.05 bits per heavy atom. The van der Waals surface area contributed by atoms with Crippen molar-refractivity contribution >= 4 is 21.6 Å². The van der Waals surface area contributed by atoms with E-state index in [4.69, 9.17) is 0 Å². The van der Waals surface area contributed by atoms with Crippen LogP contribution in [0.5, 0.6) is 0 Å². The highest BCUT2D eigenvalue weighted by Gasteiger charge is 2.15. The lowest BCUT2D eigenvalue weighted by molar-refractivity contribution is 0.367. The van der Waals surface area contributed by atoms with Gasteiger partial charge in [-0.3, -0.25) is 4.79 Å². The summed E-state index contributed by atoms with van der Waals surface area (Å²) in [6, 6.07) is 0.398. The maximum Gasteiger partial charge on any atom is 0.283 e. The van der Waals surface area contributed by atoms with Crippen molar-refractivity contribution in [2.45, 2.75) is 31.8 Å². The molecule has 1 aromatic heterocycles. The molecule has 6 nitrogen and oxygen atoms in total. The molecule has 1 fully saturated rings. The van der Waals surface area contributed by atoms with Gasteiger partial charge in [-0.15, -0.1) is 0 Å². The summed E-state index contributed by atoms with van der Waals surface area (Å²) < 4.78 is 2.08. The summed E-state index contributed by atoms with van der Waals surface area (Å²) in [5.41, 5.74) is 0.724. The summed E-state index contributed by atoms with van der Waals surface area (Å²) >= 11 is 3.42. The predicted octanol–water partition coefficient (Wildman–Crippen LogP) is 1.12.